The van der Waals surface area contributed by atoms with E-state index in [2.05, 4.69) is 21.6 Å². The van der Waals surface area contributed by atoms with Gasteiger partial charge in [0.1, 0.15) is 0 Å². The Balaban J connectivity index is 1.39. The van der Waals surface area contributed by atoms with Crippen LogP contribution in [0.15, 0.2) is 0 Å². The van der Waals surface area contributed by atoms with Crippen LogP contribution in [-0.4, -0.2) is 71.8 Å². The van der Waals surface area contributed by atoms with Crippen LogP contribution in [-0.2, 0) is 9.59 Å². The standard InChI is InChI=1S/C22H37N3O2/c1-17-9-11-24(12-10-17)22(27)20(18-5-2-3-6-18)23-13-15-25(16-14-23)21(26)19-7-4-8-19/h17-20H,2-16H2,1H3/t20-/m1/s1. The van der Waals surface area contributed by atoms with Gasteiger partial charge in [-0.1, -0.05) is 26.2 Å². The molecule has 0 radical (unpaired) electrons. The Kier molecular flexibility index (Phi) is 6.05. The second-order valence-corrected chi connectivity index (χ2v) is 9.49. The largest absolute Gasteiger partial charge is 0.341 e. The number of piperazine rings is 1. The zero-order valence-electron chi connectivity index (χ0n) is 17.1. The van der Waals surface area contributed by atoms with Crippen molar-refractivity contribution in [2.75, 3.05) is 39.3 Å². The van der Waals surface area contributed by atoms with Crippen molar-refractivity contribution in [3.63, 3.8) is 0 Å². The number of piperidine rings is 1. The highest BCUT2D eigenvalue weighted by atomic mass is 16.2. The minimum absolute atomic E-state index is 0.0573. The van der Waals surface area contributed by atoms with E-state index >= 15 is 0 Å². The van der Waals surface area contributed by atoms with Gasteiger partial charge in [0.15, 0.2) is 0 Å². The first-order chi connectivity index (χ1) is 13.1. The van der Waals surface area contributed by atoms with Gasteiger partial charge in [0.05, 0.1) is 6.04 Å². The molecule has 0 bridgehead atoms. The van der Waals surface area contributed by atoms with Crippen molar-refractivity contribution >= 4 is 11.8 Å². The lowest BCUT2D eigenvalue weighted by Gasteiger charge is -2.44. The van der Waals surface area contributed by atoms with Crippen LogP contribution in [0.1, 0.15) is 64.7 Å². The molecule has 0 N–H and O–H groups in total. The lowest BCUT2D eigenvalue weighted by atomic mass is 9.84. The third-order valence-corrected chi connectivity index (χ3v) is 7.67. The first kappa shape index (κ1) is 19.2. The lowest BCUT2D eigenvalue weighted by Crippen LogP contribution is -2.59. The molecule has 152 valence electrons. The molecule has 2 aliphatic heterocycles. The summed E-state index contributed by atoms with van der Waals surface area (Å²) >= 11 is 0. The molecular formula is C22H37N3O2. The summed E-state index contributed by atoms with van der Waals surface area (Å²) in [5, 5.41) is 0. The molecule has 1 atom stereocenters. The Labute approximate surface area is 164 Å². The van der Waals surface area contributed by atoms with Crippen LogP contribution in [0, 0.1) is 17.8 Å². The van der Waals surface area contributed by atoms with Crippen molar-refractivity contribution in [3.8, 4) is 0 Å². The number of carbonyl (C=O) groups is 2. The first-order valence-corrected chi connectivity index (χ1v) is 11.4. The zero-order chi connectivity index (χ0) is 18.8. The molecule has 0 spiro atoms. The van der Waals surface area contributed by atoms with Crippen LogP contribution in [0.3, 0.4) is 0 Å². The van der Waals surface area contributed by atoms with E-state index in [-0.39, 0.29) is 6.04 Å². The third kappa shape index (κ3) is 4.18. The van der Waals surface area contributed by atoms with Crippen molar-refractivity contribution in [2.45, 2.75) is 70.8 Å². The van der Waals surface area contributed by atoms with E-state index in [9.17, 15) is 9.59 Å². The Morgan fingerprint density at radius 2 is 1.37 bits per heavy atom. The third-order valence-electron chi connectivity index (χ3n) is 7.67. The fourth-order valence-corrected chi connectivity index (χ4v) is 5.48. The second kappa shape index (κ2) is 8.50. The van der Waals surface area contributed by atoms with Gasteiger partial charge in [0.25, 0.3) is 0 Å². The molecule has 27 heavy (non-hydrogen) atoms. The number of hydrogen-bond acceptors (Lipinski definition) is 3. The summed E-state index contributed by atoms with van der Waals surface area (Å²) in [5.74, 6) is 2.31. The Hall–Kier alpha value is -1.10. The molecule has 4 aliphatic rings. The van der Waals surface area contributed by atoms with Crippen LogP contribution in [0.25, 0.3) is 0 Å². The van der Waals surface area contributed by atoms with E-state index in [4.69, 9.17) is 0 Å². The summed E-state index contributed by atoms with van der Waals surface area (Å²) in [5.41, 5.74) is 0. The van der Waals surface area contributed by atoms with Gasteiger partial charge >= 0.3 is 0 Å². The van der Waals surface area contributed by atoms with Crippen molar-refractivity contribution in [1.82, 2.24) is 14.7 Å². The molecule has 0 aromatic rings. The van der Waals surface area contributed by atoms with E-state index in [1.807, 2.05) is 0 Å². The second-order valence-electron chi connectivity index (χ2n) is 9.49. The Morgan fingerprint density at radius 1 is 0.741 bits per heavy atom. The maximum Gasteiger partial charge on any atom is 0.240 e. The van der Waals surface area contributed by atoms with E-state index in [0.717, 1.165) is 70.9 Å². The molecule has 4 fully saturated rings. The summed E-state index contributed by atoms with van der Waals surface area (Å²) in [6.07, 6.45) is 10.6. The average molecular weight is 376 g/mol. The van der Waals surface area contributed by atoms with Crippen LogP contribution in [0.4, 0.5) is 0 Å². The zero-order valence-corrected chi connectivity index (χ0v) is 17.1. The summed E-state index contributed by atoms with van der Waals surface area (Å²) in [6.45, 7) is 7.53. The summed E-state index contributed by atoms with van der Waals surface area (Å²) in [4.78, 5) is 32.7. The smallest absolute Gasteiger partial charge is 0.240 e. The summed E-state index contributed by atoms with van der Waals surface area (Å²) in [6, 6.07) is 0.0573. The van der Waals surface area contributed by atoms with Crippen molar-refractivity contribution in [3.05, 3.63) is 0 Å². The lowest BCUT2D eigenvalue weighted by molar-refractivity contribution is -0.144. The van der Waals surface area contributed by atoms with E-state index in [0.29, 0.717) is 23.7 Å². The molecular weight excluding hydrogens is 338 g/mol. The van der Waals surface area contributed by atoms with Crippen molar-refractivity contribution in [1.29, 1.82) is 0 Å². The molecule has 2 saturated carbocycles. The van der Waals surface area contributed by atoms with E-state index < -0.39 is 0 Å². The topological polar surface area (TPSA) is 43.9 Å². The van der Waals surface area contributed by atoms with Crippen molar-refractivity contribution < 1.29 is 9.59 Å². The molecule has 2 aliphatic carbocycles. The Morgan fingerprint density at radius 3 is 1.93 bits per heavy atom. The number of amides is 2. The van der Waals surface area contributed by atoms with Crippen LogP contribution in [0.2, 0.25) is 0 Å². The van der Waals surface area contributed by atoms with Crippen LogP contribution in [0.5, 0.6) is 0 Å². The maximum atomic E-state index is 13.5. The number of likely N-dealkylation sites (tertiary alicyclic amines) is 1. The van der Waals surface area contributed by atoms with Gasteiger partial charge < -0.3 is 9.80 Å². The monoisotopic (exact) mass is 375 g/mol. The van der Waals surface area contributed by atoms with Crippen molar-refractivity contribution in [2.24, 2.45) is 17.8 Å². The van der Waals surface area contributed by atoms with Gasteiger partial charge in [-0.15, -0.1) is 0 Å². The molecule has 2 amide bonds. The molecule has 0 aromatic heterocycles. The number of nitrogens with zero attached hydrogens (tertiary/aromatic N) is 3. The fourth-order valence-electron chi connectivity index (χ4n) is 5.48. The normalized spacial score (nSPS) is 27.6. The van der Waals surface area contributed by atoms with Gasteiger partial charge in [-0.25, -0.2) is 0 Å². The minimum atomic E-state index is 0.0573. The minimum Gasteiger partial charge on any atom is -0.341 e. The van der Waals surface area contributed by atoms with E-state index in [1.165, 1.54) is 32.1 Å². The highest BCUT2D eigenvalue weighted by Crippen LogP contribution is 2.33. The van der Waals surface area contributed by atoms with Gasteiger partial charge in [-0.05, 0) is 50.4 Å². The molecule has 5 heteroatoms. The van der Waals surface area contributed by atoms with Crippen LogP contribution >= 0.6 is 0 Å². The number of rotatable bonds is 4. The number of hydrogen-bond donors (Lipinski definition) is 0. The van der Waals surface area contributed by atoms with Crippen LogP contribution < -0.4 is 0 Å². The fraction of sp³-hybridized carbons (Fsp3) is 0.909. The maximum absolute atomic E-state index is 13.5. The highest BCUT2D eigenvalue weighted by Gasteiger charge is 2.40. The molecule has 2 saturated heterocycles. The van der Waals surface area contributed by atoms with Gasteiger partial charge in [0, 0.05) is 45.2 Å². The first-order valence-electron chi connectivity index (χ1n) is 11.4. The quantitative estimate of drug-likeness (QED) is 0.759. The molecule has 0 unspecified atom stereocenters. The summed E-state index contributed by atoms with van der Waals surface area (Å²) < 4.78 is 0. The van der Waals surface area contributed by atoms with Gasteiger partial charge in [0.2, 0.25) is 11.8 Å². The Bertz CT molecular complexity index is 526. The summed E-state index contributed by atoms with van der Waals surface area (Å²) in [7, 11) is 0. The molecule has 0 aromatic carbocycles. The SMILES string of the molecule is CC1CCN(C(=O)[C@@H](C2CCCC2)N2CCN(C(=O)C3CCC3)CC2)CC1. The van der Waals surface area contributed by atoms with Gasteiger partial charge in [-0.2, -0.15) is 0 Å². The average Bonchev–Trinajstić information content (AvgIpc) is 3.16. The highest BCUT2D eigenvalue weighted by molar-refractivity contribution is 5.83. The van der Waals surface area contributed by atoms with Gasteiger partial charge in [-0.3, -0.25) is 14.5 Å². The van der Waals surface area contributed by atoms with E-state index in [1.54, 1.807) is 0 Å². The molecule has 5 nitrogen and oxygen atoms in total. The molecule has 2 heterocycles. The number of carbonyl (C=O) groups excluding carboxylic acids is 2. The predicted octanol–water partition coefficient (Wildman–Crippen LogP) is 2.75. The molecule has 4 rings (SSSR count). The predicted molar refractivity (Wildman–Crippen MR) is 106 cm³/mol.